The maximum atomic E-state index is 12.8. The van der Waals surface area contributed by atoms with Crippen LogP contribution in [0.25, 0.3) is 22.3 Å². The quantitative estimate of drug-likeness (QED) is 0.113. The van der Waals surface area contributed by atoms with Crippen molar-refractivity contribution in [1.29, 1.82) is 0 Å². The normalized spacial score (nSPS) is 20.6. The van der Waals surface area contributed by atoms with Gasteiger partial charge in [-0.25, -0.2) is 9.18 Å². The van der Waals surface area contributed by atoms with Crippen LogP contribution in [-0.4, -0.2) is 51.8 Å². The summed E-state index contributed by atoms with van der Waals surface area (Å²) in [4.78, 5) is 14.5. The van der Waals surface area contributed by atoms with Crippen LogP contribution in [0.15, 0.2) is 121 Å². The molecule has 0 aromatic heterocycles. The lowest BCUT2D eigenvalue weighted by atomic mass is 9.94. The standard InChI is InChI=1S/C33H32N2O5.C9H11FO/c36-20-28-17-27(37)18-32(40-28)24-8-6-23(7-9-24)25-12-15-29(31(38)16-25)30-19-34-33(39)35(30)26-13-10-22(11-14-26)21-4-2-1-3-5-21;1-2-9(11)7-3-5-8(10)6-4-7/h1-16,27-28,30,32,36-38H,17-20H2,(H,34,39);3-6,9,11H,2H2,1H3. The molecule has 0 saturated carbocycles. The maximum absolute atomic E-state index is 12.8. The summed E-state index contributed by atoms with van der Waals surface area (Å²) in [5.74, 6) is -0.143. The van der Waals surface area contributed by atoms with Gasteiger partial charge in [0.05, 0.1) is 37.1 Å². The van der Waals surface area contributed by atoms with Gasteiger partial charge in [-0.05, 0) is 70.1 Å². The van der Waals surface area contributed by atoms with E-state index >= 15 is 0 Å². The third-order valence-electron chi connectivity index (χ3n) is 9.46. The van der Waals surface area contributed by atoms with E-state index in [4.69, 9.17) is 4.74 Å². The summed E-state index contributed by atoms with van der Waals surface area (Å²) in [5, 5.41) is 42.9. The van der Waals surface area contributed by atoms with Gasteiger partial charge in [-0.2, -0.15) is 0 Å². The summed E-state index contributed by atoms with van der Waals surface area (Å²) in [5.41, 5.74) is 7.09. The molecule has 51 heavy (non-hydrogen) atoms. The lowest BCUT2D eigenvalue weighted by Gasteiger charge is -2.32. The molecule has 7 rings (SSSR count). The summed E-state index contributed by atoms with van der Waals surface area (Å²) in [6.07, 6.45) is -0.0117. The predicted octanol–water partition coefficient (Wildman–Crippen LogP) is 7.84. The summed E-state index contributed by atoms with van der Waals surface area (Å²) in [6, 6.07) is 36.7. The second-order valence-corrected chi connectivity index (χ2v) is 12.9. The van der Waals surface area contributed by atoms with Crippen molar-refractivity contribution < 1.29 is 34.3 Å². The average molecular weight is 691 g/mol. The van der Waals surface area contributed by atoms with E-state index in [9.17, 15) is 29.6 Å². The van der Waals surface area contributed by atoms with E-state index in [0.717, 1.165) is 39.1 Å². The van der Waals surface area contributed by atoms with Gasteiger partial charge < -0.3 is 30.5 Å². The number of rotatable bonds is 8. The molecule has 2 amide bonds. The predicted molar refractivity (Wildman–Crippen MR) is 196 cm³/mol. The summed E-state index contributed by atoms with van der Waals surface area (Å²) < 4.78 is 18.3. The van der Waals surface area contributed by atoms with Crippen LogP contribution in [0, 0.1) is 5.82 Å². The highest BCUT2D eigenvalue weighted by Gasteiger charge is 2.35. The van der Waals surface area contributed by atoms with Crippen LogP contribution in [0.4, 0.5) is 14.9 Å². The number of aliphatic hydroxyl groups is 3. The SMILES string of the molecule is CCC(O)c1ccc(F)cc1.O=C1NCC(c2ccc(-c3ccc(C4CC(O)CC(CO)O4)cc3)cc2O)N1c1ccc(-c2ccccc2)cc1. The zero-order valence-electron chi connectivity index (χ0n) is 28.4. The first-order valence-corrected chi connectivity index (χ1v) is 17.3. The molecule has 2 aliphatic heterocycles. The van der Waals surface area contributed by atoms with Crippen LogP contribution in [0.2, 0.25) is 0 Å². The minimum absolute atomic E-state index is 0.115. The first-order chi connectivity index (χ1) is 24.7. The number of hydrogen-bond donors (Lipinski definition) is 5. The van der Waals surface area contributed by atoms with Gasteiger partial charge in [0.15, 0.2) is 0 Å². The molecule has 5 atom stereocenters. The Labute approximate surface area is 297 Å². The number of amides is 2. The van der Waals surface area contributed by atoms with Gasteiger partial charge in [0.25, 0.3) is 0 Å². The largest absolute Gasteiger partial charge is 0.508 e. The fourth-order valence-corrected chi connectivity index (χ4v) is 6.63. The van der Waals surface area contributed by atoms with E-state index in [-0.39, 0.29) is 42.5 Å². The fraction of sp³-hybridized carbons (Fsp3) is 0.262. The number of phenols is 1. The van der Waals surface area contributed by atoms with E-state index in [1.165, 1.54) is 12.1 Å². The van der Waals surface area contributed by atoms with Crippen molar-refractivity contribution >= 4 is 11.7 Å². The number of benzene rings is 5. The highest BCUT2D eigenvalue weighted by molar-refractivity contribution is 5.95. The van der Waals surface area contributed by atoms with Crippen LogP contribution in [0.3, 0.4) is 0 Å². The maximum Gasteiger partial charge on any atom is 0.322 e. The van der Waals surface area contributed by atoms with E-state index in [0.29, 0.717) is 31.4 Å². The molecule has 2 fully saturated rings. The summed E-state index contributed by atoms with van der Waals surface area (Å²) in [6.45, 7) is 2.16. The Balaban J connectivity index is 0.000000349. The van der Waals surface area contributed by atoms with Gasteiger partial charge in [0.2, 0.25) is 0 Å². The number of carbonyl (C=O) groups is 1. The van der Waals surface area contributed by atoms with Gasteiger partial charge in [-0.15, -0.1) is 0 Å². The smallest absolute Gasteiger partial charge is 0.322 e. The first kappa shape index (κ1) is 35.8. The Morgan fingerprint density at radius 1 is 0.843 bits per heavy atom. The number of nitrogens with one attached hydrogen (secondary N) is 1. The van der Waals surface area contributed by atoms with Gasteiger partial charge in [-0.1, -0.05) is 97.9 Å². The molecule has 5 aromatic carbocycles. The second-order valence-electron chi connectivity index (χ2n) is 12.9. The van der Waals surface area contributed by atoms with E-state index < -0.39 is 12.2 Å². The van der Waals surface area contributed by atoms with E-state index in [1.807, 2.05) is 97.9 Å². The Kier molecular flexibility index (Phi) is 11.4. The lowest BCUT2D eigenvalue weighted by molar-refractivity contribution is -0.113. The van der Waals surface area contributed by atoms with Crippen molar-refractivity contribution in [2.24, 2.45) is 0 Å². The van der Waals surface area contributed by atoms with Crippen LogP contribution >= 0.6 is 0 Å². The van der Waals surface area contributed by atoms with Crippen molar-refractivity contribution in [3.05, 3.63) is 144 Å². The van der Waals surface area contributed by atoms with Gasteiger partial charge in [0, 0.05) is 30.6 Å². The molecule has 2 heterocycles. The molecule has 0 aliphatic carbocycles. The molecule has 9 heteroatoms. The van der Waals surface area contributed by atoms with Crippen LogP contribution in [0.1, 0.15) is 61.1 Å². The van der Waals surface area contributed by atoms with Crippen molar-refractivity contribution in [1.82, 2.24) is 5.32 Å². The Hall–Kier alpha value is -5.06. The zero-order valence-corrected chi connectivity index (χ0v) is 28.4. The number of aromatic hydroxyl groups is 1. The molecule has 0 bridgehead atoms. The van der Waals surface area contributed by atoms with Gasteiger partial charge in [-0.3, -0.25) is 4.90 Å². The molecular weight excluding hydrogens is 647 g/mol. The first-order valence-electron chi connectivity index (χ1n) is 17.3. The molecule has 2 saturated heterocycles. The number of phenolic OH excluding ortho intramolecular Hbond substituents is 1. The summed E-state index contributed by atoms with van der Waals surface area (Å²) in [7, 11) is 0. The topological polar surface area (TPSA) is 122 Å². The molecule has 264 valence electrons. The highest BCUT2D eigenvalue weighted by atomic mass is 19.1. The van der Waals surface area contributed by atoms with Gasteiger partial charge >= 0.3 is 6.03 Å². The van der Waals surface area contributed by atoms with E-state index in [2.05, 4.69) is 5.32 Å². The third kappa shape index (κ3) is 8.46. The number of anilines is 1. The molecule has 5 unspecified atom stereocenters. The van der Waals surface area contributed by atoms with Crippen molar-refractivity contribution in [2.45, 2.75) is 56.6 Å². The molecule has 8 nitrogen and oxygen atoms in total. The number of urea groups is 1. The van der Waals surface area contributed by atoms with Crippen LogP contribution in [-0.2, 0) is 4.74 Å². The number of hydrogen-bond acceptors (Lipinski definition) is 6. The molecule has 0 spiro atoms. The molecular formula is C42H43FN2O6. The Bertz CT molecular complexity index is 1890. The Morgan fingerprint density at radius 2 is 1.47 bits per heavy atom. The number of carbonyl (C=O) groups excluding carboxylic acids is 1. The van der Waals surface area contributed by atoms with Crippen molar-refractivity contribution in [3.8, 4) is 28.0 Å². The third-order valence-corrected chi connectivity index (χ3v) is 9.46. The number of halogens is 1. The number of aliphatic hydroxyl groups excluding tert-OH is 3. The number of nitrogens with zero attached hydrogens (tertiary/aromatic N) is 1. The zero-order chi connectivity index (χ0) is 35.9. The average Bonchev–Trinajstić information content (AvgIpc) is 3.55. The molecule has 5 N–H and O–H groups in total. The number of ether oxygens (including phenoxy) is 1. The fourth-order valence-electron chi connectivity index (χ4n) is 6.63. The second kappa shape index (κ2) is 16.3. The minimum atomic E-state index is -0.501. The summed E-state index contributed by atoms with van der Waals surface area (Å²) >= 11 is 0. The highest BCUT2D eigenvalue weighted by Crippen LogP contribution is 2.38. The lowest BCUT2D eigenvalue weighted by Crippen LogP contribution is -2.33. The van der Waals surface area contributed by atoms with Crippen LogP contribution in [0.5, 0.6) is 5.75 Å². The van der Waals surface area contributed by atoms with Crippen molar-refractivity contribution in [2.75, 3.05) is 18.1 Å². The van der Waals surface area contributed by atoms with Crippen LogP contribution < -0.4 is 10.2 Å². The van der Waals surface area contributed by atoms with Crippen molar-refractivity contribution in [3.63, 3.8) is 0 Å². The van der Waals surface area contributed by atoms with E-state index in [1.54, 1.807) is 23.1 Å². The molecule has 0 radical (unpaired) electrons. The molecule has 2 aliphatic rings. The monoisotopic (exact) mass is 690 g/mol. The van der Waals surface area contributed by atoms with Gasteiger partial charge in [0.1, 0.15) is 11.6 Å². The Morgan fingerprint density at radius 3 is 2.12 bits per heavy atom. The minimum Gasteiger partial charge on any atom is -0.508 e. The molecule has 5 aromatic rings.